The lowest BCUT2D eigenvalue weighted by Gasteiger charge is -2.39. The van der Waals surface area contributed by atoms with Crippen molar-refractivity contribution in [2.24, 2.45) is 0 Å². The van der Waals surface area contributed by atoms with Crippen LogP contribution in [0.2, 0.25) is 0 Å². The number of halogens is 1. The maximum absolute atomic E-state index is 9.64. The first kappa shape index (κ1) is 15.0. The van der Waals surface area contributed by atoms with Gasteiger partial charge in [-0.3, -0.25) is 0 Å². The predicted octanol–water partition coefficient (Wildman–Crippen LogP) is -1.35. The van der Waals surface area contributed by atoms with Crippen LogP contribution in [0.5, 0.6) is 0 Å². The number of hydrogen-bond acceptors (Lipinski definition) is 7. The topological polar surface area (TPSA) is 114 Å². The van der Waals surface area contributed by atoms with Gasteiger partial charge in [0.2, 0.25) is 0 Å². The maximum Gasteiger partial charge on any atom is 0.132 e. The Morgan fingerprint density at radius 3 is 2.47 bits per heavy atom. The van der Waals surface area contributed by atoms with Gasteiger partial charge in [-0.2, -0.15) is 5.26 Å². The molecule has 0 aliphatic carbocycles. The zero-order valence-electron chi connectivity index (χ0n) is 8.81. The fourth-order valence-electron chi connectivity index (χ4n) is 1.42. The molecule has 1 heterocycles. The summed E-state index contributed by atoms with van der Waals surface area (Å²) < 4.78 is 5.21. The van der Waals surface area contributed by atoms with Crippen LogP contribution in [-0.4, -0.2) is 68.0 Å². The molecular weight excluding hydrogens is 270 g/mol. The van der Waals surface area contributed by atoms with Crippen molar-refractivity contribution in [3.8, 4) is 6.07 Å². The van der Waals surface area contributed by atoms with Crippen LogP contribution in [-0.2, 0) is 4.74 Å². The molecule has 17 heavy (non-hydrogen) atoms. The minimum Gasteiger partial charge on any atom is -0.394 e. The van der Waals surface area contributed by atoms with Crippen LogP contribution in [0.25, 0.3) is 0 Å². The van der Waals surface area contributed by atoms with Crippen molar-refractivity contribution >= 4 is 23.4 Å². The molecule has 1 rings (SSSR count). The SMILES string of the molecule is N#CC(Cl)CS[C@@H]1O[C@H](CO)[C@H](O)[C@H](O)[C@H]1O. The Hall–Kier alpha value is -0.0700. The van der Waals surface area contributed by atoms with Gasteiger partial charge in [-0.25, -0.2) is 0 Å². The number of thioether (sulfide) groups is 1. The summed E-state index contributed by atoms with van der Waals surface area (Å²) in [5.41, 5.74) is -0.833. The van der Waals surface area contributed by atoms with Crippen molar-refractivity contribution in [1.29, 1.82) is 5.26 Å². The third kappa shape index (κ3) is 3.69. The second-order valence-electron chi connectivity index (χ2n) is 3.63. The van der Waals surface area contributed by atoms with E-state index in [2.05, 4.69) is 0 Å². The third-order valence-electron chi connectivity index (χ3n) is 2.40. The van der Waals surface area contributed by atoms with E-state index in [9.17, 15) is 15.3 Å². The number of rotatable bonds is 4. The van der Waals surface area contributed by atoms with Crippen LogP contribution >= 0.6 is 23.4 Å². The fourth-order valence-corrected chi connectivity index (χ4v) is 2.65. The number of aliphatic hydroxyl groups is 4. The quantitative estimate of drug-likeness (QED) is 0.472. The Balaban J connectivity index is 2.57. The van der Waals surface area contributed by atoms with Crippen LogP contribution in [0.3, 0.4) is 0 Å². The van der Waals surface area contributed by atoms with Gasteiger partial charge in [0.15, 0.2) is 0 Å². The van der Waals surface area contributed by atoms with Gasteiger partial charge in [-0.1, -0.05) is 0 Å². The predicted molar refractivity (Wildman–Crippen MR) is 61.5 cm³/mol. The molecule has 6 atom stereocenters. The summed E-state index contributed by atoms with van der Waals surface area (Å²) in [5.74, 6) is 0.209. The van der Waals surface area contributed by atoms with Crippen molar-refractivity contribution in [2.75, 3.05) is 12.4 Å². The molecule has 4 N–H and O–H groups in total. The molecule has 1 fully saturated rings. The van der Waals surface area contributed by atoms with E-state index in [1.54, 1.807) is 0 Å². The monoisotopic (exact) mass is 283 g/mol. The highest BCUT2D eigenvalue weighted by molar-refractivity contribution is 7.99. The van der Waals surface area contributed by atoms with Crippen molar-refractivity contribution in [2.45, 2.75) is 35.2 Å². The first-order chi connectivity index (χ1) is 8.01. The van der Waals surface area contributed by atoms with Gasteiger partial charge in [-0.15, -0.1) is 23.4 Å². The molecule has 0 amide bonds. The van der Waals surface area contributed by atoms with E-state index in [4.69, 9.17) is 26.7 Å². The number of alkyl halides is 1. The van der Waals surface area contributed by atoms with E-state index in [0.29, 0.717) is 0 Å². The molecule has 1 unspecified atom stereocenters. The molecule has 6 nitrogen and oxygen atoms in total. The van der Waals surface area contributed by atoms with Gasteiger partial charge in [-0.05, 0) is 0 Å². The van der Waals surface area contributed by atoms with Gasteiger partial charge in [0, 0.05) is 5.75 Å². The van der Waals surface area contributed by atoms with Crippen molar-refractivity contribution < 1.29 is 25.2 Å². The van der Waals surface area contributed by atoms with Gasteiger partial charge in [0.25, 0.3) is 0 Å². The summed E-state index contributed by atoms with van der Waals surface area (Å²) in [6.45, 7) is -0.468. The van der Waals surface area contributed by atoms with Crippen LogP contribution in [0.15, 0.2) is 0 Å². The average molecular weight is 284 g/mol. The van der Waals surface area contributed by atoms with E-state index in [1.807, 2.05) is 6.07 Å². The molecular formula is C9H14ClNO5S. The Morgan fingerprint density at radius 1 is 1.29 bits per heavy atom. The Bertz CT molecular complexity index is 287. The molecule has 1 aliphatic rings. The molecule has 1 saturated heterocycles. The summed E-state index contributed by atoms with van der Waals surface area (Å²) in [4.78, 5) is 0. The zero-order chi connectivity index (χ0) is 13.0. The van der Waals surface area contributed by atoms with Crippen molar-refractivity contribution in [1.82, 2.24) is 0 Å². The normalized spacial score (nSPS) is 39.6. The van der Waals surface area contributed by atoms with E-state index in [-0.39, 0.29) is 5.75 Å². The minimum atomic E-state index is -1.39. The Labute approximate surface area is 108 Å². The van der Waals surface area contributed by atoms with Gasteiger partial charge < -0.3 is 25.2 Å². The molecule has 0 aromatic carbocycles. The average Bonchev–Trinajstić information content (AvgIpc) is 2.34. The molecule has 0 aromatic rings. The lowest BCUT2D eigenvalue weighted by atomic mass is 10.0. The highest BCUT2D eigenvalue weighted by Crippen LogP contribution is 2.29. The van der Waals surface area contributed by atoms with E-state index < -0.39 is 41.8 Å². The first-order valence-electron chi connectivity index (χ1n) is 4.97. The number of nitrogens with zero attached hydrogens (tertiary/aromatic N) is 1. The molecule has 8 heteroatoms. The lowest BCUT2D eigenvalue weighted by Crippen LogP contribution is -2.57. The summed E-state index contributed by atoms with van der Waals surface area (Å²) in [6, 6.07) is 1.81. The number of aliphatic hydroxyl groups excluding tert-OH is 4. The van der Waals surface area contributed by atoms with Crippen molar-refractivity contribution in [3.63, 3.8) is 0 Å². The van der Waals surface area contributed by atoms with Gasteiger partial charge in [0.1, 0.15) is 35.2 Å². The lowest BCUT2D eigenvalue weighted by molar-refractivity contribution is -0.205. The summed E-state index contributed by atoms with van der Waals surface area (Å²) in [5, 5.41) is 45.4. The summed E-state index contributed by atoms with van der Waals surface area (Å²) >= 11 is 6.64. The highest BCUT2D eigenvalue weighted by Gasteiger charge is 2.43. The molecule has 0 aromatic heterocycles. The molecule has 98 valence electrons. The van der Waals surface area contributed by atoms with Crippen LogP contribution in [0.4, 0.5) is 0 Å². The second kappa shape index (κ2) is 6.75. The standard InChI is InChI=1S/C9H14ClNO5S/c10-4(1-11)3-17-9-8(15)7(14)6(13)5(2-12)16-9/h4-9,12-15H,2-3H2/t4?,5-,6+,7+,8-,9+/m1/s1. The van der Waals surface area contributed by atoms with Crippen LogP contribution in [0, 0.1) is 11.3 Å². The van der Waals surface area contributed by atoms with E-state index in [0.717, 1.165) is 11.8 Å². The molecule has 0 radical (unpaired) electrons. The maximum atomic E-state index is 9.64. The first-order valence-corrected chi connectivity index (χ1v) is 6.45. The van der Waals surface area contributed by atoms with Gasteiger partial charge >= 0.3 is 0 Å². The largest absolute Gasteiger partial charge is 0.394 e. The molecule has 0 saturated carbocycles. The van der Waals surface area contributed by atoms with E-state index >= 15 is 0 Å². The highest BCUT2D eigenvalue weighted by atomic mass is 35.5. The minimum absolute atomic E-state index is 0.209. The van der Waals surface area contributed by atoms with Crippen LogP contribution < -0.4 is 0 Å². The number of hydrogen-bond donors (Lipinski definition) is 4. The van der Waals surface area contributed by atoms with Crippen LogP contribution in [0.1, 0.15) is 0 Å². The molecule has 0 spiro atoms. The smallest absolute Gasteiger partial charge is 0.132 e. The number of nitriles is 1. The Kier molecular flexibility index (Phi) is 5.95. The van der Waals surface area contributed by atoms with E-state index in [1.165, 1.54) is 0 Å². The fraction of sp³-hybridized carbons (Fsp3) is 0.889. The Morgan fingerprint density at radius 2 is 1.94 bits per heavy atom. The molecule has 0 bridgehead atoms. The summed E-state index contributed by atoms with van der Waals surface area (Å²) in [7, 11) is 0. The second-order valence-corrected chi connectivity index (χ2v) is 5.29. The zero-order valence-corrected chi connectivity index (χ0v) is 10.4. The van der Waals surface area contributed by atoms with Gasteiger partial charge in [0.05, 0.1) is 12.7 Å². The number of ether oxygens (including phenoxy) is 1. The molecule has 1 aliphatic heterocycles. The third-order valence-corrected chi connectivity index (χ3v) is 4.07. The summed E-state index contributed by atoms with van der Waals surface area (Å²) in [6.07, 6.45) is -4.98. The van der Waals surface area contributed by atoms with Crippen molar-refractivity contribution in [3.05, 3.63) is 0 Å².